The molecule has 230 valence electrons. The number of halogens is 3. The first-order valence-electron chi connectivity index (χ1n) is 14.3. The number of fused-ring (bicyclic) bond motifs is 1. The van der Waals surface area contributed by atoms with Gasteiger partial charge in [-0.3, -0.25) is 9.78 Å². The fraction of sp³-hybridized carbons (Fsp3) is 0.212. The van der Waals surface area contributed by atoms with Crippen LogP contribution >= 0.6 is 0 Å². The van der Waals surface area contributed by atoms with Gasteiger partial charge in [-0.25, -0.2) is 22.9 Å². The number of carbonyl (C=O) groups is 2. The monoisotopic (exact) mass is 614 g/mol. The highest BCUT2D eigenvalue weighted by molar-refractivity contribution is 5.97. The van der Waals surface area contributed by atoms with Crippen molar-refractivity contribution in [2.24, 2.45) is 0 Å². The lowest BCUT2D eigenvalue weighted by atomic mass is 9.98. The Labute approximate surface area is 256 Å². The first kappa shape index (κ1) is 29.7. The topological polar surface area (TPSA) is 126 Å². The van der Waals surface area contributed by atoms with E-state index < -0.39 is 12.0 Å². The molecule has 0 bridgehead atoms. The second-order valence-corrected chi connectivity index (χ2v) is 10.9. The maximum atomic E-state index is 13.7. The molecule has 5 aromatic rings. The van der Waals surface area contributed by atoms with Gasteiger partial charge in [-0.1, -0.05) is 18.2 Å². The van der Waals surface area contributed by atoms with Crippen LogP contribution in [0.5, 0.6) is 0 Å². The van der Waals surface area contributed by atoms with Crippen LogP contribution in [0.3, 0.4) is 0 Å². The molecule has 0 saturated carbocycles. The number of nitrogen functional groups attached to an aromatic ring is 1. The van der Waals surface area contributed by atoms with Crippen molar-refractivity contribution in [3.8, 4) is 22.4 Å². The molecule has 0 radical (unpaired) electrons. The van der Waals surface area contributed by atoms with Crippen molar-refractivity contribution in [3.63, 3.8) is 0 Å². The highest BCUT2D eigenvalue weighted by atomic mass is 19.3. The normalized spacial score (nSPS) is 14.3. The van der Waals surface area contributed by atoms with Gasteiger partial charge < -0.3 is 25.7 Å². The number of nitrogens with two attached hydrogens (primary N) is 1. The van der Waals surface area contributed by atoms with Gasteiger partial charge in [0.25, 0.3) is 11.8 Å². The van der Waals surface area contributed by atoms with E-state index in [1.54, 1.807) is 48.7 Å². The Hall–Kier alpha value is -5.39. The molecule has 4 heterocycles. The van der Waals surface area contributed by atoms with Gasteiger partial charge in [0.1, 0.15) is 23.0 Å². The molecule has 9 nitrogen and oxygen atoms in total. The molecule has 1 fully saturated rings. The van der Waals surface area contributed by atoms with Crippen LogP contribution in [0.25, 0.3) is 33.4 Å². The largest absolute Gasteiger partial charge is 0.459 e. The summed E-state index contributed by atoms with van der Waals surface area (Å²) in [5.41, 5.74) is 9.93. The molecule has 45 heavy (non-hydrogen) atoms. The highest BCUT2D eigenvalue weighted by Crippen LogP contribution is 2.36. The van der Waals surface area contributed by atoms with Crippen LogP contribution in [0.15, 0.2) is 83.5 Å². The fourth-order valence-electron chi connectivity index (χ4n) is 5.15. The van der Waals surface area contributed by atoms with Crippen molar-refractivity contribution in [3.05, 3.63) is 102 Å². The molecule has 0 unspecified atom stereocenters. The Kier molecular flexibility index (Phi) is 8.12. The first-order valence-corrected chi connectivity index (χ1v) is 14.3. The summed E-state index contributed by atoms with van der Waals surface area (Å²) in [5, 5.41) is 6.26. The zero-order valence-corrected chi connectivity index (χ0v) is 24.0. The Morgan fingerprint density at radius 2 is 1.64 bits per heavy atom. The van der Waals surface area contributed by atoms with Gasteiger partial charge in [-0.05, 0) is 59.7 Å². The number of alkyl halides is 2. The van der Waals surface area contributed by atoms with E-state index in [4.69, 9.17) is 10.2 Å². The summed E-state index contributed by atoms with van der Waals surface area (Å²) < 4.78 is 47.0. The van der Waals surface area contributed by atoms with E-state index in [2.05, 4.69) is 20.6 Å². The van der Waals surface area contributed by atoms with Gasteiger partial charge in [0, 0.05) is 61.4 Å². The van der Waals surface area contributed by atoms with E-state index >= 15 is 0 Å². The molecule has 1 saturated heterocycles. The van der Waals surface area contributed by atoms with E-state index in [0.717, 1.165) is 10.9 Å². The van der Waals surface area contributed by atoms with Crippen molar-refractivity contribution in [2.45, 2.75) is 31.9 Å². The first-order chi connectivity index (χ1) is 21.6. The summed E-state index contributed by atoms with van der Waals surface area (Å²) in [6.07, 6.45) is 2.31. The van der Waals surface area contributed by atoms with Crippen LogP contribution in [0.2, 0.25) is 0 Å². The van der Waals surface area contributed by atoms with Gasteiger partial charge in [-0.15, -0.1) is 0 Å². The van der Waals surface area contributed by atoms with Crippen LogP contribution in [-0.2, 0) is 13.1 Å². The molecule has 0 aliphatic carbocycles. The number of anilines is 1. The molecular formula is C33H29F3N6O3. The number of piperidine rings is 1. The fourth-order valence-corrected chi connectivity index (χ4v) is 5.15. The second kappa shape index (κ2) is 12.3. The Morgan fingerprint density at radius 3 is 2.33 bits per heavy atom. The quantitative estimate of drug-likeness (QED) is 0.202. The van der Waals surface area contributed by atoms with E-state index in [1.165, 1.54) is 23.2 Å². The number of rotatable bonds is 7. The van der Waals surface area contributed by atoms with Crippen molar-refractivity contribution >= 4 is 28.7 Å². The Morgan fingerprint density at radius 1 is 0.889 bits per heavy atom. The zero-order valence-electron chi connectivity index (χ0n) is 24.0. The average Bonchev–Trinajstić information content (AvgIpc) is 3.46. The standard InChI is InChI=1S/C33H29F3N6O3/c34-25-5-2-21(3-6-25)27-15-23(28-7-4-22(18-38-28)31(43)42-11-9-33(35,36)10-12-42)13-24-14-26(45-30(24)27)19-41-32(44)40-17-20-1-8-29(37)39-16-20/h1-8,13-16,18H,9-12,17,19H2,(H2,37,39)(H2,40,41,44). The van der Waals surface area contributed by atoms with E-state index in [0.29, 0.717) is 45.1 Å². The Bertz CT molecular complexity index is 1830. The van der Waals surface area contributed by atoms with E-state index in [9.17, 15) is 22.8 Å². The van der Waals surface area contributed by atoms with Crippen LogP contribution in [-0.4, -0.2) is 45.8 Å². The highest BCUT2D eigenvalue weighted by Gasteiger charge is 2.35. The van der Waals surface area contributed by atoms with Crippen molar-refractivity contribution in [1.82, 2.24) is 25.5 Å². The number of furan rings is 1. The van der Waals surface area contributed by atoms with Crippen LogP contribution in [0, 0.1) is 5.82 Å². The minimum atomic E-state index is -2.74. The molecule has 0 atom stereocenters. The van der Waals surface area contributed by atoms with Gasteiger partial charge in [0.15, 0.2) is 0 Å². The molecule has 3 amide bonds. The predicted molar refractivity (Wildman–Crippen MR) is 163 cm³/mol. The molecule has 1 aliphatic rings. The van der Waals surface area contributed by atoms with E-state index in [-0.39, 0.29) is 50.7 Å². The SMILES string of the molecule is Nc1ccc(CNC(=O)NCc2cc3cc(-c4ccc(C(=O)N5CCC(F)(F)CC5)cn4)cc(-c4ccc(F)cc4)c3o2)cn1. The Balaban J connectivity index is 1.22. The molecule has 4 N–H and O–H groups in total. The smallest absolute Gasteiger partial charge is 0.315 e. The molecule has 12 heteroatoms. The molecule has 6 rings (SSSR count). The van der Waals surface area contributed by atoms with Crippen molar-refractivity contribution in [2.75, 3.05) is 18.8 Å². The number of nitrogens with one attached hydrogen (secondary N) is 2. The summed E-state index contributed by atoms with van der Waals surface area (Å²) >= 11 is 0. The molecular weight excluding hydrogens is 585 g/mol. The van der Waals surface area contributed by atoms with Gasteiger partial charge in [0.05, 0.1) is 17.8 Å². The number of nitrogens with zero attached hydrogens (tertiary/aromatic N) is 3. The third-order valence-electron chi connectivity index (χ3n) is 7.63. The lowest BCUT2D eigenvalue weighted by molar-refractivity contribution is -0.0494. The maximum absolute atomic E-state index is 13.7. The third-order valence-corrected chi connectivity index (χ3v) is 7.63. The van der Waals surface area contributed by atoms with Crippen molar-refractivity contribution in [1.29, 1.82) is 0 Å². The summed E-state index contributed by atoms with van der Waals surface area (Å²) in [6.45, 7) is 0.355. The zero-order chi connectivity index (χ0) is 31.6. The van der Waals surface area contributed by atoms with Crippen LogP contribution < -0.4 is 16.4 Å². The number of hydrogen-bond acceptors (Lipinski definition) is 6. The van der Waals surface area contributed by atoms with Crippen LogP contribution in [0.4, 0.5) is 23.8 Å². The number of carbonyl (C=O) groups excluding carboxylic acids is 2. The molecule has 1 aliphatic heterocycles. The summed E-state index contributed by atoms with van der Waals surface area (Å²) in [4.78, 5) is 35.2. The van der Waals surface area contributed by atoms with Gasteiger partial charge in [0.2, 0.25) is 0 Å². The number of benzene rings is 2. The van der Waals surface area contributed by atoms with E-state index in [1.807, 2.05) is 12.1 Å². The van der Waals surface area contributed by atoms with Gasteiger partial charge >= 0.3 is 6.03 Å². The summed E-state index contributed by atoms with van der Waals surface area (Å²) in [5.74, 6) is -2.57. The van der Waals surface area contributed by atoms with Crippen molar-refractivity contribution < 1.29 is 27.2 Å². The average molecular weight is 615 g/mol. The van der Waals surface area contributed by atoms with Crippen LogP contribution in [0.1, 0.15) is 34.5 Å². The third kappa shape index (κ3) is 6.90. The van der Waals surface area contributed by atoms with Gasteiger partial charge in [-0.2, -0.15) is 0 Å². The summed E-state index contributed by atoms with van der Waals surface area (Å²) in [6, 6.07) is 17.9. The lowest BCUT2D eigenvalue weighted by Crippen LogP contribution is -2.42. The molecule has 3 aromatic heterocycles. The minimum Gasteiger partial charge on any atom is -0.459 e. The number of amides is 3. The molecule has 2 aromatic carbocycles. The number of aromatic nitrogens is 2. The number of urea groups is 1. The number of likely N-dealkylation sites (tertiary alicyclic amines) is 1. The predicted octanol–water partition coefficient (Wildman–Crippen LogP) is 6.15. The second-order valence-electron chi connectivity index (χ2n) is 10.9. The lowest BCUT2D eigenvalue weighted by Gasteiger charge is -2.31. The maximum Gasteiger partial charge on any atom is 0.315 e. The molecule has 0 spiro atoms. The number of pyridine rings is 2. The minimum absolute atomic E-state index is 0.00924. The summed E-state index contributed by atoms with van der Waals surface area (Å²) in [7, 11) is 0. The number of hydrogen-bond donors (Lipinski definition) is 3.